The minimum absolute atomic E-state index is 0.165. The second kappa shape index (κ2) is 5.83. The molecule has 0 amide bonds. The largest absolute Gasteiger partial charge is 0.483 e. The fourth-order valence-corrected chi connectivity index (χ4v) is 1.67. The summed E-state index contributed by atoms with van der Waals surface area (Å²) < 4.78 is 32.2. The molecule has 0 spiro atoms. The van der Waals surface area contributed by atoms with Crippen LogP contribution in [0.25, 0.3) is 0 Å². The number of benzene rings is 1. The summed E-state index contributed by atoms with van der Waals surface area (Å²) in [6, 6.07) is 2.92. The molecule has 1 aromatic carbocycles. The Hall–Kier alpha value is -2.21. The number of aromatic carboxylic acids is 1. The summed E-state index contributed by atoms with van der Waals surface area (Å²) in [7, 11) is 0. The van der Waals surface area contributed by atoms with Crippen molar-refractivity contribution in [3.63, 3.8) is 0 Å². The van der Waals surface area contributed by atoms with Crippen LogP contribution in [0.3, 0.4) is 0 Å². The quantitative estimate of drug-likeness (QED) is 0.941. The second-order valence-electron chi connectivity index (χ2n) is 3.83. The summed E-state index contributed by atoms with van der Waals surface area (Å²) in [6.45, 7) is -0.165. The lowest BCUT2D eigenvalue weighted by Gasteiger charge is -2.10. The molecule has 0 bridgehead atoms. The number of carboxylic acid groups (broad SMARTS) is 1. The predicted octanol–water partition coefficient (Wildman–Crippen LogP) is 3.29. The van der Waals surface area contributed by atoms with Crippen LogP contribution in [0.2, 0.25) is 5.02 Å². The Kier molecular flexibility index (Phi) is 4.14. The van der Waals surface area contributed by atoms with Crippen molar-refractivity contribution in [2.75, 3.05) is 0 Å². The van der Waals surface area contributed by atoms with E-state index in [9.17, 15) is 13.6 Å². The topological polar surface area (TPSA) is 59.4 Å². The van der Waals surface area contributed by atoms with Crippen molar-refractivity contribution in [1.82, 2.24) is 4.98 Å². The molecule has 0 aliphatic heterocycles. The smallest absolute Gasteiger partial charge is 0.335 e. The van der Waals surface area contributed by atoms with Gasteiger partial charge in [0, 0.05) is 18.0 Å². The van der Waals surface area contributed by atoms with E-state index in [4.69, 9.17) is 21.4 Å². The van der Waals surface area contributed by atoms with Gasteiger partial charge in [-0.25, -0.2) is 13.6 Å². The third kappa shape index (κ3) is 3.03. The van der Waals surface area contributed by atoms with Crippen molar-refractivity contribution in [2.45, 2.75) is 6.61 Å². The standard InChI is InChI=1S/C13H8ClF2NO3/c14-9-5-17-2-1-7(9)6-20-12-10(15)3-8(13(18)19)4-11(12)16/h1-5H,6H2,(H,18,19). The molecule has 0 radical (unpaired) electrons. The van der Waals surface area contributed by atoms with Gasteiger partial charge in [-0.2, -0.15) is 0 Å². The van der Waals surface area contributed by atoms with Crippen molar-refractivity contribution in [2.24, 2.45) is 0 Å². The summed E-state index contributed by atoms with van der Waals surface area (Å²) in [5.74, 6) is -4.26. The van der Waals surface area contributed by atoms with Gasteiger partial charge < -0.3 is 9.84 Å². The molecule has 1 N–H and O–H groups in total. The minimum Gasteiger partial charge on any atom is -0.483 e. The number of ether oxygens (including phenoxy) is 1. The second-order valence-corrected chi connectivity index (χ2v) is 4.24. The first-order valence-corrected chi connectivity index (χ1v) is 5.80. The van der Waals surface area contributed by atoms with E-state index in [0.29, 0.717) is 22.7 Å². The van der Waals surface area contributed by atoms with E-state index in [1.165, 1.54) is 12.4 Å². The highest BCUT2D eigenvalue weighted by Crippen LogP contribution is 2.25. The third-order valence-corrected chi connectivity index (χ3v) is 2.81. The molecule has 4 nitrogen and oxygen atoms in total. The zero-order chi connectivity index (χ0) is 14.7. The van der Waals surface area contributed by atoms with Crippen molar-refractivity contribution in [3.05, 3.63) is 58.4 Å². The van der Waals surface area contributed by atoms with Gasteiger partial charge in [0.05, 0.1) is 10.6 Å². The maximum atomic E-state index is 13.6. The maximum Gasteiger partial charge on any atom is 0.335 e. The Morgan fingerprint density at radius 3 is 2.55 bits per heavy atom. The molecule has 104 valence electrons. The van der Waals surface area contributed by atoms with E-state index in [1.54, 1.807) is 6.07 Å². The Balaban J connectivity index is 2.22. The first-order chi connectivity index (χ1) is 9.49. The summed E-state index contributed by atoms with van der Waals surface area (Å²) >= 11 is 5.83. The minimum atomic E-state index is -1.42. The monoisotopic (exact) mass is 299 g/mol. The summed E-state index contributed by atoms with van der Waals surface area (Å²) in [6.07, 6.45) is 2.84. The highest BCUT2D eigenvalue weighted by Gasteiger charge is 2.16. The normalized spacial score (nSPS) is 10.3. The molecule has 20 heavy (non-hydrogen) atoms. The maximum absolute atomic E-state index is 13.6. The fraction of sp³-hybridized carbons (Fsp3) is 0.0769. The number of nitrogens with zero attached hydrogens (tertiary/aromatic N) is 1. The molecule has 0 unspecified atom stereocenters. The van der Waals surface area contributed by atoms with Gasteiger partial charge in [-0.3, -0.25) is 4.98 Å². The van der Waals surface area contributed by atoms with Crippen LogP contribution in [-0.2, 0) is 6.61 Å². The molecular formula is C13H8ClF2NO3. The van der Waals surface area contributed by atoms with E-state index >= 15 is 0 Å². The van der Waals surface area contributed by atoms with Crippen molar-refractivity contribution >= 4 is 17.6 Å². The van der Waals surface area contributed by atoms with Gasteiger partial charge in [-0.05, 0) is 18.2 Å². The Bertz CT molecular complexity index is 641. The highest BCUT2D eigenvalue weighted by molar-refractivity contribution is 6.31. The molecule has 0 aliphatic carbocycles. The number of halogens is 3. The van der Waals surface area contributed by atoms with Crippen LogP contribution >= 0.6 is 11.6 Å². The van der Waals surface area contributed by atoms with Crippen LogP contribution in [-0.4, -0.2) is 16.1 Å². The van der Waals surface area contributed by atoms with Crippen molar-refractivity contribution in [3.8, 4) is 5.75 Å². The summed E-state index contributed by atoms with van der Waals surface area (Å²) in [5.41, 5.74) is 0.0112. The van der Waals surface area contributed by atoms with E-state index in [-0.39, 0.29) is 6.61 Å². The number of hydrogen-bond donors (Lipinski definition) is 1. The van der Waals surface area contributed by atoms with E-state index in [2.05, 4.69) is 4.98 Å². The SMILES string of the molecule is O=C(O)c1cc(F)c(OCc2ccncc2Cl)c(F)c1. The molecule has 1 heterocycles. The number of carbonyl (C=O) groups is 1. The van der Waals surface area contributed by atoms with Crippen molar-refractivity contribution in [1.29, 1.82) is 0 Å². The first-order valence-electron chi connectivity index (χ1n) is 5.42. The zero-order valence-electron chi connectivity index (χ0n) is 9.94. The predicted molar refractivity (Wildman–Crippen MR) is 66.9 cm³/mol. The molecule has 1 aromatic heterocycles. The van der Waals surface area contributed by atoms with Crippen LogP contribution in [0, 0.1) is 11.6 Å². The number of carboxylic acids is 1. The molecule has 2 aromatic rings. The Morgan fingerprint density at radius 2 is 2.00 bits per heavy atom. The molecule has 0 fully saturated rings. The third-order valence-electron chi connectivity index (χ3n) is 2.47. The lowest BCUT2D eigenvalue weighted by atomic mass is 10.2. The van der Waals surface area contributed by atoms with E-state index < -0.39 is 28.9 Å². The molecule has 0 saturated carbocycles. The van der Waals surface area contributed by atoms with Gasteiger partial charge in [0.15, 0.2) is 17.4 Å². The molecule has 0 atom stereocenters. The summed E-state index contributed by atoms with van der Waals surface area (Å²) in [4.78, 5) is 14.4. The van der Waals surface area contributed by atoms with Gasteiger partial charge in [0.25, 0.3) is 0 Å². The number of pyridine rings is 1. The van der Waals surface area contributed by atoms with Gasteiger partial charge in [-0.15, -0.1) is 0 Å². The Labute approximate surface area is 117 Å². The average Bonchev–Trinajstić information content (AvgIpc) is 2.39. The van der Waals surface area contributed by atoms with Crippen molar-refractivity contribution < 1.29 is 23.4 Å². The van der Waals surface area contributed by atoms with Gasteiger partial charge in [0.2, 0.25) is 0 Å². The first kappa shape index (κ1) is 14.2. The number of hydrogen-bond acceptors (Lipinski definition) is 3. The van der Waals surface area contributed by atoms with Crippen LogP contribution in [0.1, 0.15) is 15.9 Å². The van der Waals surface area contributed by atoms with Gasteiger partial charge >= 0.3 is 5.97 Å². The van der Waals surface area contributed by atoms with E-state index in [0.717, 1.165) is 0 Å². The summed E-state index contributed by atoms with van der Waals surface area (Å²) in [5, 5.41) is 8.97. The molecular weight excluding hydrogens is 292 g/mol. The van der Waals surface area contributed by atoms with Crippen LogP contribution < -0.4 is 4.74 Å². The lowest BCUT2D eigenvalue weighted by molar-refractivity contribution is 0.0695. The van der Waals surface area contributed by atoms with E-state index in [1.807, 2.05) is 0 Å². The van der Waals surface area contributed by atoms with Gasteiger partial charge in [0.1, 0.15) is 6.61 Å². The molecule has 0 saturated heterocycles. The zero-order valence-corrected chi connectivity index (χ0v) is 10.7. The number of aromatic nitrogens is 1. The number of rotatable bonds is 4. The molecule has 2 rings (SSSR count). The molecule has 7 heteroatoms. The van der Waals surface area contributed by atoms with Crippen LogP contribution in [0.15, 0.2) is 30.6 Å². The highest BCUT2D eigenvalue weighted by atomic mass is 35.5. The Morgan fingerprint density at radius 1 is 1.35 bits per heavy atom. The van der Waals surface area contributed by atoms with Crippen LogP contribution in [0.5, 0.6) is 5.75 Å². The lowest BCUT2D eigenvalue weighted by Crippen LogP contribution is -2.04. The van der Waals surface area contributed by atoms with Gasteiger partial charge in [-0.1, -0.05) is 11.6 Å². The molecule has 0 aliphatic rings. The van der Waals surface area contributed by atoms with Crippen LogP contribution in [0.4, 0.5) is 8.78 Å². The fourth-order valence-electron chi connectivity index (χ4n) is 1.49. The average molecular weight is 300 g/mol.